The molecule has 0 saturated heterocycles. The van der Waals surface area contributed by atoms with Gasteiger partial charge >= 0.3 is 0 Å². The Bertz CT molecular complexity index is 1400. The van der Waals surface area contributed by atoms with E-state index in [0.29, 0.717) is 11.3 Å². The topological polar surface area (TPSA) is 129 Å². The van der Waals surface area contributed by atoms with Gasteiger partial charge in [-0.05, 0) is 60.7 Å². The van der Waals surface area contributed by atoms with Crippen LogP contribution in [0.4, 0.5) is 15.8 Å². The van der Waals surface area contributed by atoms with E-state index in [2.05, 4.69) is 10.6 Å². The number of hydrogen-bond acceptors (Lipinski definition) is 6. The van der Waals surface area contributed by atoms with Crippen LogP contribution >= 0.6 is 0 Å². The summed E-state index contributed by atoms with van der Waals surface area (Å²) < 4.78 is 45.0. The van der Waals surface area contributed by atoms with Crippen LogP contribution in [0.1, 0.15) is 15.9 Å². The summed E-state index contributed by atoms with van der Waals surface area (Å²) in [7, 11) is -1.31. The number of sulfonamides is 1. The van der Waals surface area contributed by atoms with Crippen molar-refractivity contribution in [3.63, 3.8) is 0 Å². The number of anilines is 2. The molecule has 2 N–H and O–H groups in total. The van der Waals surface area contributed by atoms with Crippen molar-refractivity contribution >= 4 is 33.2 Å². The second kappa shape index (κ2) is 10.8. The van der Waals surface area contributed by atoms with E-state index >= 15 is 0 Å². The Morgan fingerprint density at radius 1 is 1.06 bits per heavy atom. The van der Waals surface area contributed by atoms with E-state index in [1.54, 1.807) is 0 Å². The lowest BCUT2D eigenvalue weighted by atomic mass is 10.2. The smallest absolute Gasteiger partial charge is 0.255 e. The number of ether oxygens (including phenoxy) is 1. The monoisotopic (exact) mass is 496 g/mol. The van der Waals surface area contributed by atoms with Gasteiger partial charge in [-0.25, -0.2) is 12.8 Å². The summed E-state index contributed by atoms with van der Waals surface area (Å²) in [6.07, 6.45) is 0. The second-order valence-corrected chi connectivity index (χ2v) is 9.37. The third kappa shape index (κ3) is 6.20. The van der Waals surface area contributed by atoms with Gasteiger partial charge in [-0.3, -0.25) is 9.59 Å². The Kier molecular flexibility index (Phi) is 7.80. The van der Waals surface area contributed by atoms with Gasteiger partial charge in [-0.15, -0.1) is 0 Å². The fourth-order valence-electron chi connectivity index (χ4n) is 3.08. The summed E-state index contributed by atoms with van der Waals surface area (Å²) in [5.41, 5.74) is 0.896. The van der Waals surface area contributed by atoms with E-state index in [4.69, 9.17) is 10.00 Å². The largest absolute Gasteiger partial charge is 0.495 e. The lowest BCUT2D eigenvalue weighted by Gasteiger charge is -2.17. The first-order chi connectivity index (χ1) is 16.6. The Balaban J connectivity index is 1.71. The average molecular weight is 497 g/mol. The normalized spacial score (nSPS) is 10.9. The van der Waals surface area contributed by atoms with Crippen LogP contribution in [0.25, 0.3) is 0 Å². The van der Waals surface area contributed by atoms with Gasteiger partial charge in [-0.1, -0.05) is 6.07 Å². The first kappa shape index (κ1) is 25.4. The van der Waals surface area contributed by atoms with Gasteiger partial charge in [0.2, 0.25) is 15.9 Å². The van der Waals surface area contributed by atoms with Crippen LogP contribution in [0.5, 0.6) is 5.75 Å². The zero-order chi connectivity index (χ0) is 25.6. The zero-order valence-electron chi connectivity index (χ0n) is 18.8. The molecule has 180 valence electrons. The van der Waals surface area contributed by atoms with Crippen molar-refractivity contribution in [3.05, 3.63) is 83.7 Å². The average Bonchev–Trinajstić information content (AvgIpc) is 2.84. The molecule has 0 heterocycles. The molecule has 35 heavy (non-hydrogen) atoms. The highest BCUT2D eigenvalue weighted by Gasteiger charge is 2.23. The summed E-state index contributed by atoms with van der Waals surface area (Å²) >= 11 is 0. The van der Waals surface area contributed by atoms with Gasteiger partial charge in [0.25, 0.3) is 5.91 Å². The summed E-state index contributed by atoms with van der Waals surface area (Å²) in [5.74, 6) is -1.48. The first-order valence-electron chi connectivity index (χ1n) is 10.2. The summed E-state index contributed by atoms with van der Waals surface area (Å²) in [5, 5.41) is 14.0. The lowest BCUT2D eigenvalue weighted by molar-refractivity contribution is -0.116. The standard InChI is InChI=1S/C24H21FN4O5S/c1-29(35(32,33)20-9-6-16(14-26)7-10-20)15-23(30)27-19-8-11-22(34-2)21(13-19)28-24(31)17-4-3-5-18(25)12-17/h3-13H,15H2,1-2H3,(H,27,30)(H,28,31). The predicted octanol–water partition coefficient (Wildman–Crippen LogP) is 3.22. The van der Waals surface area contributed by atoms with E-state index in [9.17, 15) is 22.4 Å². The van der Waals surface area contributed by atoms with Gasteiger partial charge in [0.15, 0.2) is 0 Å². The number of methoxy groups -OCH3 is 1. The summed E-state index contributed by atoms with van der Waals surface area (Å²) in [4.78, 5) is 25.0. The Morgan fingerprint density at radius 3 is 2.40 bits per heavy atom. The Labute approximate surface area is 201 Å². The molecule has 0 saturated carbocycles. The van der Waals surface area contributed by atoms with Crippen LogP contribution in [0, 0.1) is 17.1 Å². The molecule has 0 aliphatic heterocycles. The molecule has 0 aliphatic rings. The number of benzene rings is 3. The van der Waals surface area contributed by atoms with Crippen LogP contribution in [-0.2, 0) is 14.8 Å². The lowest BCUT2D eigenvalue weighted by Crippen LogP contribution is -2.35. The molecule has 3 aromatic carbocycles. The summed E-state index contributed by atoms with van der Waals surface area (Å²) in [6, 6.07) is 16.8. The molecule has 0 radical (unpaired) electrons. The van der Waals surface area contributed by atoms with Crippen LogP contribution in [0.3, 0.4) is 0 Å². The number of hydrogen-bond donors (Lipinski definition) is 2. The SMILES string of the molecule is COc1ccc(NC(=O)CN(C)S(=O)(=O)c2ccc(C#N)cc2)cc1NC(=O)c1cccc(F)c1. The molecule has 3 rings (SSSR count). The van der Waals surface area contributed by atoms with E-state index in [1.165, 1.54) is 74.8 Å². The number of carbonyl (C=O) groups is 2. The molecule has 2 amide bonds. The van der Waals surface area contributed by atoms with Crippen molar-refractivity contribution in [2.75, 3.05) is 31.3 Å². The maximum absolute atomic E-state index is 13.4. The van der Waals surface area contributed by atoms with Crippen LogP contribution in [0.2, 0.25) is 0 Å². The van der Waals surface area contributed by atoms with E-state index in [-0.39, 0.29) is 21.8 Å². The number of nitrogens with zero attached hydrogens (tertiary/aromatic N) is 2. The Morgan fingerprint density at radius 2 is 1.77 bits per heavy atom. The highest BCUT2D eigenvalue weighted by Crippen LogP contribution is 2.28. The molecule has 9 nitrogen and oxygen atoms in total. The van der Waals surface area contributed by atoms with Crippen molar-refractivity contribution < 1.29 is 27.1 Å². The minimum Gasteiger partial charge on any atom is -0.495 e. The molecule has 0 aliphatic carbocycles. The fraction of sp³-hybridized carbons (Fsp3) is 0.125. The van der Waals surface area contributed by atoms with Gasteiger partial charge in [-0.2, -0.15) is 9.57 Å². The summed E-state index contributed by atoms with van der Waals surface area (Å²) in [6.45, 7) is -0.487. The van der Waals surface area contributed by atoms with Crippen molar-refractivity contribution in [2.24, 2.45) is 0 Å². The third-order valence-electron chi connectivity index (χ3n) is 4.88. The third-order valence-corrected chi connectivity index (χ3v) is 6.69. The van der Waals surface area contributed by atoms with E-state index < -0.39 is 34.2 Å². The van der Waals surface area contributed by atoms with Gasteiger partial charge in [0.05, 0.1) is 35.9 Å². The number of likely N-dealkylation sites (N-methyl/N-ethyl adjacent to an activating group) is 1. The minimum atomic E-state index is -3.96. The number of amides is 2. The molecule has 0 spiro atoms. The number of halogens is 1. The molecular formula is C24H21FN4O5S. The van der Waals surface area contributed by atoms with E-state index in [0.717, 1.165) is 10.4 Å². The van der Waals surface area contributed by atoms with Crippen molar-refractivity contribution in [1.29, 1.82) is 5.26 Å². The molecule has 0 atom stereocenters. The Hall–Kier alpha value is -4.27. The fourth-order valence-corrected chi connectivity index (χ4v) is 4.20. The van der Waals surface area contributed by atoms with Crippen molar-refractivity contribution in [1.82, 2.24) is 4.31 Å². The van der Waals surface area contributed by atoms with Gasteiger partial charge in [0, 0.05) is 18.3 Å². The molecule has 3 aromatic rings. The van der Waals surface area contributed by atoms with Gasteiger partial charge < -0.3 is 15.4 Å². The quantitative estimate of drug-likeness (QED) is 0.493. The second-order valence-electron chi connectivity index (χ2n) is 7.32. The van der Waals surface area contributed by atoms with Crippen LogP contribution in [-0.4, -0.2) is 45.2 Å². The van der Waals surface area contributed by atoms with E-state index in [1.807, 2.05) is 6.07 Å². The number of nitrogens with one attached hydrogen (secondary N) is 2. The highest BCUT2D eigenvalue weighted by molar-refractivity contribution is 7.89. The van der Waals surface area contributed by atoms with Gasteiger partial charge in [0.1, 0.15) is 11.6 Å². The van der Waals surface area contributed by atoms with Crippen LogP contribution < -0.4 is 15.4 Å². The number of carbonyl (C=O) groups excluding carboxylic acids is 2. The zero-order valence-corrected chi connectivity index (χ0v) is 19.6. The van der Waals surface area contributed by atoms with Crippen molar-refractivity contribution in [2.45, 2.75) is 4.90 Å². The van der Waals surface area contributed by atoms with Crippen LogP contribution in [0.15, 0.2) is 71.6 Å². The molecule has 11 heteroatoms. The molecule has 0 unspecified atom stereocenters. The van der Waals surface area contributed by atoms with Crippen molar-refractivity contribution in [3.8, 4) is 11.8 Å². The molecule has 0 aromatic heterocycles. The first-order valence-corrected chi connectivity index (χ1v) is 11.6. The maximum atomic E-state index is 13.4. The number of nitriles is 1. The molecule has 0 fully saturated rings. The maximum Gasteiger partial charge on any atom is 0.255 e. The molecule has 0 bridgehead atoms. The predicted molar refractivity (Wildman–Crippen MR) is 127 cm³/mol. The highest BCUT2D eigenvalue weighted by atomic mass is 32.2. The number of rotatable bonds is 8. The molecular weight excluding hydrogens is 475 g/mol. The minimum absolute atomic E-state index is 0.0569.